The first-order valence-corrected chi connectivity index (χ1v) is 5.88. The second kappa shape index (κ2) is 6.17. The third-order valence-electron chi connectivity index (χ3n) is 2.52. The van der Waals surface area contributed by atoms with Gasteiger partial charge in [-0.15, -0.1) is 0 Å². The Morgan fingerprint density at radius 1 is 1.14 bits per heavy atom. The zero-order valence-electron chi connectivity index (χ0n) is 10.7. The largest absolute Gasteiger partial charge is 0.484 e. The standard InChI is InChI=1S/C14H11F3N2O2/c15-8-5-11(16)14(17)12(6-8)19-13(20)7-21-10-3-1-9(18)2-4-10/h1-6H,7,18H2,(H,19,20). The van der Waals surface area contributed by atoms with Crippen LogP contribution in [0.5, 0.6) is 5.75 Å². The number of carbonyl (C=O) groups is 1. The maximum Gasteiger partial charge on any atom is 0.262 e. The van der Waals surface area contributed by atoms with Crippen molar-refractivity contribution in [3.8, 4) is 5.75 Å². The van der Waals surface area contributed by atoms with Crippen LogP contribution in [-0.4, -0.2) is 12.5 Å². The monoisotopic (exact) mass is 296 g/mol. The Labute approximate surface area is 118 Å². The van der Waals surface area contributed by atoms with Crippen LogP contribution in [0.4, 0.5) is 24.5 Å². The summed E-state index contributed by atoms with van der Waals surface area (Å²) in [6, 6.07) is 7.31. The summed E-state index contributed by atoms with van der Waals surface area (Å²) in [7, 11) is 0. The lowest BCUT2D eigenvalue weighted by atomic mass is 10.3. The second-order valence-electron chi connectivity index (χ2n) is 4.16. The van der Waals surface area contributed by atoms with E-state index in [2.05, 4.69) is 0 Å². The van der Waals surface area contributed by atoms with Crippen molar-refractivity contribution in [2.45, 2.75) is 0 Å². The number of nitrogens with two attached hydrogens (primary N) is 1. The molecule has 3 N–H and O–H groups in total. The van der Waals surface area contributed by atoms with Gasteiger partial charge in [-0.05, 0) is 24.3 Å². The van der Waals surface area contributed by atoms with E-state index in [0.717, 1.165) is 0 Å². The van der Waals surface area contributed by atoms with Gasteiger partial charge >= 0.3 is 0 Å². The average molecular weight is 296 g/mol. The molecule has 4 nitrogen and oxygen atoms in total. The highest BCUT2D eigenvalue weighted by atomic mass is 19.2. The van der Waals surface area contributed by atoms with E-state index in [9.17, 15) is 18.0 Å². The van der Waals surface area contributed by atoms with Crippen molar-refractivity contribution in [3.05, 3.63) is 53.8 Å². The van der Waals surface area contributed by atoms with Crippen molar-refractivity contribution < 1.29 is 22.7 Å². The van der Waals surface area contributed by atoms with Gasteiger partial charge in [-0.3, -0.25) is 4.79 Å². The van der Waals surface area contributed by atoms with E-state index in [1.165, 1.54) is 0 Å². The highest BCUT2D eigenvalue weighted by Crippen LogP contribution is 2.19. The smallest absolute Gasteiger partial charge is 0.262 e. The molecule has 0 aliphatic rings. The summed E-state index contributed by atoms with van der Waals surface area (Å²) in [5, 5.41) is 2.03. The van der Waals surface area contributed by atoms with Crippen LogP contribution in [0.3, 0.4) is 0 Å². The minimum Gasteiger partial charge on any atom is -0.484 e. The van der Waals surface area contributed by atoms with E-state index >= 15 is 0 Å². The molecule has 2 rings (SSSR count). The molecule has 0 unspecified atom stereocenters. The summed E-state index contributed by atoms with van der Waals surface area (Å²) in [6.07, 6.45) is 0. The molecule has 0 saturated carbocycles. The zero-order valence-corrected chi connectivity index (χ0v) is 10.7. The average Bonchev–Trinajstić information content (AvgIpc) is 2.43. The Morgan fingerprint density at radius 3 is 2.48 bits per heavy atom. The van der Waals surface area contributed by atoms with Crippen molar-refractivity contribution in [1.29, 1.82) is 0 Å². The number of halogens is 3. The fourth-order valence-electron chi connectivity index (χ4n) is 1.55. The molecule has 2 aromatic rings. The first kappa shape index (κ1) is 14.7. The van der Waals surface area contributed by atoms with Gasteiger partial charge in [0.2, 0.25) is 0 Å². The van der Waals surface area contributed by atoms with E-state index in [1.807, 2.05) is 5.32 Å². The quantitative estimate of drug-likeness (QED) is 0.673. The maximum atomic E-state index is 13.3. The highest BCUT2D eigenvalue weighted by Gasteiger charge is 2.13. The van der Waals surface area contributed by atoms with E-state index in [0.29, 0.717) is 23.6 Å². The minimum atomic E-state index is -1.38. The number of nitrogen functional groups attached to an aromatic ring is 1. The van der Waals surface area contributed by atoms with Crippen LogP contribution >= 0.6 is 0 Å². The maximum absolute atomic E-state index is 13.3. The number of carbonyl (C=O) groups excluding carboxylic acids is 1. The summed E-state index contributed by atoms with van der Waals surface area (Å²) in [5.41, 5.74) is 5.43. The first-order chi connectivity index (χ1) is 9.95. The molecule has 0 saturated heterocycles. The summed E-state index contributed by atoms with van der Waals surface area (Å²) in [6.45, 7) is -0.443. The molecule has 0 aliphatic carbocycles. The molecular formula is C14H11F3N2O2. The van der Waals surface area contributed by atoms with Crippen LogP contribution in [0, 0.1) is 17.5 Å². The van der Waals surface area contributed by atoms with Crippen LogP contribution in [0.1, 0.15) is 0 Å². The molecule has 21 heavy (non-hydrogen) atoms. The number of anilines is 2. The lowest BCUT2D eigenvalue weighted by Gasteiger charge is -2.09. The van der Waals surface area contributed by atoms with Crippen molar-refractivity contribution in [3.63, 3.8) is 0 Å². The molecule has 0 aromatic heterocycles. The summed E-state index contributed by atoms with van der Waals surface area (Å²) >= 11 is 0. The number of amides is 1. The molecule has 0 spiro atoms. The van der Waals surface area contributed by atoms with Gasteiger partial charge < -0.3 is 15.8 Å². The van der Waals surface area contributed by atoms with Crippen molar-refractivity contribution in [2.75, 3.05) is 17.7 Å². The normalized spacial score (nSPS) is 10.2. The molecule has 0 bridgehead atoms. The van der Waals surface area contributed by atoms with E-state index in [-0.39, 0.29) is 0 Å². The van der Waals surface area contributed by atoms with Crippen LogP contribution in [0.25, 0.3) is 0 Å². The van der Waals surface area contributed by atoms with Gasteiger partial charge in [0.25, 0.3) is 5.91 Å². The SMILES string of the molecule is Nc1ccc(OCC(=O)Nc2cc(F)cc(F)c2F)cc1. The molecule has 1 amide bonds. The number of hydrogen-bond acceptors (Lipinski definition) is 3. The fourth-order valence-corrected chi connectivity index (χ4v) is 1.55. The van der Waals surface area contributed by atoms with E-state index in [1.54, 1.807) is 24.3 Å². The first-order valence-electron chi connectivity index (χ1n) is 5.88. The van der Waals surface area contributed by atoms with Crippen LogP contribution in [-0.2, 0) is 4.79 Å². The van der Waals surface area contributed by atoms with Gasteiger partial charge in [-0.1, -0.05) is 0 Å². The molecule has 7 heteroatoms. The molecule has 0 heterocycles. The Morgan fingerprint density at radius 2 is 1.81 bits per heavy atom. The van der Waals surface area contributed by atoms with Gasteiger partial charge in [-0.25, -0.2) is 13.2 Å². The lowest BCUT2D eigenvalue weighted by molar-refractivity contribution is -0.118. The molecule has 0 atom stereocenters. The summed E-state index contributed by atoms with van der Waals surface area (Å²) in [5.74, 6) is -4.09. The van der Waals surface area contributed by atoms with Gasteiger partial charge in [0, 0.05) is 17.8 Å². The Balaban J connectivity index is 1.97. The summed E-state index contributed by atoms with van der Waals surface area (Å²) in [4.78, 5) is 11.6. The fraction of sp³-hybridized carbons (Fsp3) is 0.0714. The van der Waals surface area contributed by atoms with Crippen LogP contribution in [0.15, 0.2) is 36.4 Å². The number of hydrogen-bond donors (Lipinski definition) is 2. The van der Waals surface area contributed by atoms with Gasteiger partial charge in [0.05, 0.1) is 5.69 Å². The third-order valence-corrected chi connectivity index (χ3v) is 2.52. The van der Waals surface area contributed by atoms with Crippen molar-refractivity contribution >= 4 is 17.3 Å². The second-order valence-corrected chi connectivity index (χ2v) is 4.16. The molecule has 110 valence electrons. The third kappa shape index (κ3) is 3.88. The van der Waals surface area contributed by atoms with Crippen molar-refractivity contribution in [2.24, 2.45) is 0 Å². The lowest BCUT2D eigenvalue weighted by Crippen LogP contribution is -2.21. The number of nitrogens with one attached hydrogen (secondary N) is 1. The van der Waals surface area contributed by atoms with Crippen molar-refractivity contribution in [1.82, 2.24) is 0 Å². The molecule has 0 aliphatic heterocycles. The van der Waals surface area contributed by atoms with Gasteiger partial charge in [-0.2, -0.15) is 0 Å². The van der Waals surface area contributed by atoms with Gasteiger partial charge in [0.15, 0.2) is 18.2 Å². The Hall–Kier alpha value is -2.70. The highest BCUT2D eigenvalue weighted by molar-refractivity contribution is 5.92. The summed E-state index contributed by atoms with van der Waals surface area (Å²) < 4.78 is 44.4. The predicted molar refractivity (Wildman–Crippen MR) is 71.3 cm³/mol. The molecule has 0 fully saturated rings. The molecule has 0 radical (unpaired) electrons. The van der Waals surface area contributed by atoms with Crippen LogP contribution < -0.4 is 15.8 Å². The van der Waals surface area contributed by atoms with E-state index in [4.69, 9.17) is 10.5 Å². The van der Waals surface area contributed by atoms with E-state index < -0.39 is 35.7 Å². The Kier molecular flexibility index (Phi) is 4.32. The topological polar surface area (TPSA) is 64.3 Å². The zero-order chi connectivity index (χ0) is 15.4. The number of ether oxygens (including phenoxy) is 1. The minimum absolute atomic E-state index is 0.380. The van der Waals surface area contributed by atoms with Crippen LogP contribution in [0.2, 0.25) is 0 Å². The molecular weight excluding hydrogens is 285 g/mol. The number of benzene rings is 2. The predicted octanol–water partition coefficient (Wildman–Crippen LogP) is 2.70. The number of rotatable bonds is 4. The van der Waals surface area contributed by atoms with Gasteiger partial charge in [0.1, 0.15) is 11.6 Å². The molecule has 2 aromatic carbocycles. The Bertz CT molecular complexity index is 660.